The van der Waals surface area contributed by atoms with E-state index in [0.717, 1.165) is 38.7 Å². The van der Waals surface area contributed by atoms with Crippen LogP contribution in [0.25, 0.3) is 0 Å². The number of Topliss-reactive ketones (excluding diaryl/α,β-unsaturated/α-hetero) is 1. The molecule has 2 fully saturated rings. The lowest BCUT2D eigenvalue weighted by atomic mass is 9.92. The summed E-state index contributed by atoms with van der Waals surface area (Å²) >= 11 is 0. The number of hydrogen-bond donors (Lipinski definition) is 0. The molecule has 1 heterocycles. The van der Waals surface area contributed by atoms with E-state index in [9.17, 15) is 4.79 Å². The van der Waals surface area contributed by atoms with Gasteiger partial charge in [0.2, 0.25) is 0 Å². The zero-order chi connectivity index (χ0) is 10.8. The average Bonchev–Trinajstić information content (AvgIpc) is 2.65. The fourth-order valence-electron chi connectivity index (χ4n) is 2.86. The van der Waals surface area contributed by atoms with Crippen LogP contribution in [0.1, 0.15) is 39.0 Å². The minimum absolute atomic E-state index is 0.354. The van der Waals surface area contributed by atoms with E-state index >= 15 is 0 Å². The molecule has 1 saturated carbocycles. The summed E-state index contributed by atoms with van der Waals surface area (Å²) in [7, 11) is 2.19. The number of carbonyl (C=O) groups excluding carboxylic acids is 1. The topological polar surface area (TPSA) is 29.5 Å². The normalized spacial score (nSPS) is 33.9. The maximum Gasteiger partial charge on any atom is 0.133 e. The predicted molar refractivity (Wildman–Crippen MR) is 58.8 cm³/mol. The molecule has 1 aliphatic heterocycles. The van der Waals surface area contributed by atoms with E-state index in [1.165, 1.54) is 0 Å². The summed E-state index contributed by atoms with van der Waals surface area (Å²) in [5, 5.41) is 0. The molecule has 3 heteroatoms. The Morgan fingerprint density at radius 3 is 2.47 bits per heavy atom. The Hall–Kier alpha value is -0.410. The van der Waals surface area contributed by atoms with Crippen molar-refractivity contribution in [2.45, 2.75) is 57.2 Å². The van der Waals surface area contributed by atoms with Gasteiger partial charge in [-0.1, -0.05) is 0 Å². The van der Waals surface area contributed by atoms with Gasteiger partial charge in [-0.15, -0.1) is 0 Å². The highest BCUT2D eigenvalue weighted by Crippen LogP contribution is 2.26. The Balaban J connectivity index is 1.89. The fraction of sp³-hybridized carbons (Fsp3) is 0.917. The van der Waals surface area contributed by atoms with Crippen molar-refractivity contribution in [2.24, 2.45) is 0 Å². The van der Waals surface area contributed by atoms with Crippen LogP contribution in [0.5, 0.6) is 0 Å². The van der Waals surface area contributed by atoms with Crippen LogP contribution in [0.15, 0.2) is 0 Å². The van der Waals surface area contributed by atoms with E-state index in [4.69, 9.17) is 4.74 Å². The molecule has 0 N–H and O–H groups in total. The van der Waals surface area contributed by atoms with Crippen molar-refractivity contribution in [3.8, 4) is 0 Å². The van der Waals surface area contributed by atoms with Gasteiger partial charge in [-0.25, -0.2) is 0 Å². The summed E-state index contributed by atoms with van der Waals surface area (Å²) in [6.07, 6.45) is 5.13. The predicted octanol–water partition coefficient (Wildman–Crippen LogP) is 1.61. The molecule has 0 radical (unpaired) electrons. The van der Waals surface area contributed by atoms with Gasteiger partial charge < -0.3 is 4.74 Å². The molecular weight excluding hydrogens is 190 g/mol. The Bertz CT molecular complexity index is 232. The summed E-state index contributed by atoms with van der Waals surface area (Å²) in [4.78, 5) is 13.6. The maximum atomic E-state index is 11.2. The van der Waals surface area contributed by atoms with E-state index in [1.807, 2.05) is 0 Å². The maximum absolute atomic E-state index is 11.2. The third-order valence-electron chi connectivity index (χ3n) is 3.95. The first-order chi connectivity index (χ1) is 7.18. The Labute approximate surface area is 91.8 Å². The molecule has 0 aromatic heterocycles. The molecule has 1 aliphatic carbocycles. The van der Waals surface area contributed by atoms with Crippen LogP contribution in [-0.2, 0) is 9.53 Å². The Kier molecular flexibility index (Phi) is 3.42. The number of hydrogen-bond acceptors (Lipinski definition) is 3. The SMILES string of the molecule is CC1OCCC1N(C)C1CCC(=O)CC1. The summed E-state index contributed by atoms with van der Waals surface area (Å²) in [5.74, 6) is 0.440. The molecule has 2 aliphatic rings. The van der Waals surface area contributed by atoms with Gasteiger partial charge >= 0.3 is 0 Å². The van der Waals surface area contributed by atoms with Crippen LogP contribution in [-0.4, -0.2) is 42.5 Å². The second kappa shape index (κ2) is 4.62. The number of rotatable bonds is 2. The molecule has 15 heavy (non-hydrogen) atoms. The van der Waals surface area contributed by atoms with E-state index < -0.39 is 0 Å². The second-order valence-electron chi connectivity index (χ2n) is 4.87. The van der Waals surface area contributed by atoms with Gasteiger partial charge in [0, 0.05) is 31.5 Å². The van der Waals surface area contributed by atoms with Gasteiger partial charge in [0.25, 0.3) is 0 Å². The first kappa shape index (κ1) is 11.1. The van der Waals surface area contributed by atoms with Gasteiger partial charge in [0.05, 0.1) is 6.10 Å². The monoisotopic (exact) mass is 211 g/mol. The molecule has 86 valence electrons. The van der Waals surface area contributed by atoms with Crippen molar-refractivity contribution >= 4 is 5.78 Å². The summed E-state index contributed by atoms with van der Waals surface area (Å²) in [5.41, 5.74) is 0. The number of ether oxygens (including phenoxy) is 1. The smallest absolute Gasteiger partial charge is 0.133 e. The van der Waals surface area contributed by atoms with Crippen LogP contribution in [0.3, 0.4) is 0 Å². The minimum Gasteiger partial charge on any atom is -0.377 e. The quantitative estimate of drug-likeness (QED) is 0.695. The van der Waals surface area contributed by atoms with Crippen molar-refractivity contribution in [3.63, 3.8) is 0 Å². The molecule has 2 rings (SSSR count). The lowest BCUT2D eigenvalue weighted by molar-refractivity contribution is -0.121. The lowest BCUT2D eigenvalue weighted by Crippen LogP contribution is -2.45. The standard InChI is InChI=1S/C12H21NO2/c1-9-12(7-8-15-9)13(2)10-3-5-11(14)6-4-10/h9-10,12H,3-8H2,1-2H3. The number of ketones is 1. The molecular formula is C12H21NO2. The molecule has 3 nitrogen and oxygen atoms in total. The van der Waals surface area contributed by atoms with Crippen LogP contribution in [0.4, 0.5) is 0 Å². The lowest BCUT2D eigenvalue weighted by Gasteiger charge is -2.36. The van der Waals surface area contributed by atoms with E-state index in [2.05, 4.69) is 18.9 Å². The highest BCUT2D eigenvalue weighted by atomic mass is 16.5. The van der Waals surface area contributed by atoms with Crippen LogP contribution >= 0.6 is 0 Å². The molecule has 0 aromatic rings. The summed E-state index contributed by atoms with van der Waals surface area (Å²) in [6.45, 7) is 3.05. The fourth-order valence-corrected chi connectivity index (χ4v) is 2.86. The van der Waals surface area contributed by atoms with Crippen molar-refractivity contribution in [1.82, 2.24) is 4.90 Å². The van der Waals surface area contributed by atoms with Gasteiger partial charge in [0.15, 0.2) is 0 Å². The minimum atomic E-state index is 0.354. The Morgan fingerprint density at radius 2 is 1.93 bits per heavy atom. The molecule has 0 amide bonds. The van der Waals surface area contributed by atoms with Crippen molar-refractivity contribution < 1.29 is 9.53 Å². The summed E-state index contributed by atoms with van der Waals surface area (Å²) < 4.78 is 5.59. The van der Waals surface area contributed by atoms with Crippen molar-refractivity contribution in [3.05, 3.63) is 0 Å². The van der Waals surface area contributed by atoms with E-state index in [-0.39, 0.29) is 0 Å². The largest absolute Gasteiger partial charge is 0.377 e. The molecule has 0 aromatic carbocycles. The first-order valence-electron chi connectivity index (χ1n) is 6.03. The van der Waals surface area contributed by atoms with E-state index in [1.54, 1.807) is 0 Å². The van der Waals surface area contributed by atoms with Crippen molar-refractivity contribution in [2.75, 3.05) is 13.7 Å². The molecule has 0 bridgehead atoms. The van der Waals surface area contributed by atoms with Crippen LogP contribution < -0.4 is 0 Å². The molecule has 2 atom stereocenters. The Morgan fingerprint density at radius 1 is 1.27 bits per heavy atom. The van der Waals surface area contributed by atoms with Crippen LogP contribution in [0, 0.1) is 0 Å². The highest BCUT2D eigenvalue weighted by Gasteiger charge is 2.33. The van der Waals surface area contributed by atoms with Gasteiger partial charge in [-0.05, 0) is 33.2 Å². The zero-order valence-corrected chi connectivity index (χ0v) is 9.74. The second-order valence-corrected chi connectivity index (χ2v) is 4.87. The third-order valence-corrected chi connectivity index (χ3v) is 3.95. The molecule has 2 unspecified atom stereocenters. The highest BCUT2D eigenvalue weighted by molar-refractivity contribution is 5.79. The first-order valence-corrected chi connectivity index (χ1v) is 6.03. The summed E-state index contributed by atoms with van der Waals surface area (Å²) in [6, 6.07) is 1.15. The van der Waals surface area contributed by atoms with E-state index in [0.29, 0.717) is 24.0 Å². The number of likely N-dealkylation sites (N-methyl/N-ethyl adjacent to an activating group) is 1. The van der Waals surface area contributed by atoms with Gasteiger partial charge in [-0.2, -0.15) is 0 Å². The molecule has 0 spiro atoms. The molecule has 1 saturated heterocycles. The van der Waals surface area contributed by atoms with Crippen LogP contribution in [0.2, 0.25) is 0 Å². The van der Waals surface area contributed by atoms with Crippen molar-refractivity contribution in [1.29, 1.82) is 0 Å². The number of nitrogens with zero attached hydrogens (tertiary/aromatic N) is 1. The number of carbonyl (C=O) groups is 1. The van der Waals surface area contributed by atoms with Gasteiger partial charge in [0.1, 0.15) is 5.78 Å². The third kappa shape index (κ3) is 2.40. The average molecular weight is 211 g/mol. The zero-order valence-electron chi connectivity index (χ0n) is 9.74. The van der Waals surface area contributed by atoms with Gasteiger partial charge in [-0.3, -0.25) is 9.69 Å².